The Labute approximate surface area is 177 Å². The maximum absolute atomic E-state index is 13.4. The second-order valence-corrected chi connectivity index (χ2v) is 9.67. The zero-order chi connectivity index (χ0) is 22.2. The van der Waals surface area contributed by atoms with Crippen LogP contribution >= 0.6 is 0 Å². The molecule has 9 nitrogen and oxygen atoms in total. The molecule has 3 rings (SSSR count). The summed E-state index contributed by atoms with van der Waals surface area (Å²) >= 11 is 0. The van der Waals surface area contributed by atoms with E-state index in [9.17, 15) is 19.2 Å². The summed E-state index contributed by atoms with van der Waals surface area (Å²) in [4.78, 5) is 55.8. The van der Waals surface area contributed by atoms with Crippen LogP contribution in [0.3, 0.4) is 0 Å². The van der Waals surface area contributed by atoms with Crippen molar-refractivity contribution in [3.63, 3.8) is 0 Å². The molecule has 0 radical (unpaired) electrons. The number of nitrogens with two attached hydrogens (primary N) is 1. The molecule has 9 heteroatoms. The van der Waals surface area contributed by atoms with Gasteiger partial charge in [0.05, 0.1) is 0 Å². The first-order chi connectivity index (χ1) is 14.0. The van der Waals surface area contributed by atoms with E-state index in [2.05, 4.69) is 0 Å². The Bertz CT molecular complexity index is 719. The number of hydrogen-bond acceptors (Lipinski definition) is 5. The maximum Gasteiger partial charge on any atom is 0.410 e. The average Bonchev–Trinajstić information content (AvgIpc) is 3.37. The summed E-state index contributed by atoms with van der Waals surface area (Å²) in [5.41, 5.74) is 4.84. The Morgan fingerprint density at radius 3 is 2.03 bits per heavy atom. The zero-order valence-electron chi connectivity index (χ0n) is 18.4. The Balaban J connectivity index is 1.76. The van der Waals surface area contributed by atoms with Crippen LogP contribution in [0.25, 0.3) is 0 Å². The van der Waals surface area contributed by atoms with Gasteiger partial charge in [-0.2, -0.15) is 0 Å². The number of primary amides is 1. The molecule has 3 saturated heterocycles. The molecule has 4 amide bonds. The van der Waals surface area contributed by atoms with Crippen LogP contribution in [0.5, 0.6) is 0 Å². The first-order valence-electron chi connectivity index (χ1n) is 10.9. The molecule has 0 saturated carbocycles. The summed E-state index contributed by atoms with van der Waals surface area (Å²) in [6.45, 7) is 8.73. The third-order valence-corrected chi connectivity index (χ3v) is 6.27. The van der Waals surface area contributed by atoms with E-state index in [4.69, 9.17) is 10.5 Å². The summed E-state index contributed by atoms with van der Waals surface area (Å²) in [7, 11) is 0. The van der Waals surface area contributed by atoms with E-state index in [0.717, 1.165) is 6.42 Å². The SMILES string of the molecule is C[C@H]1CCN(C(=O)[C@@H]2CCCN2C(=O)OC(C)(C)C)[C@@H]1C(=O)N1CCC[C@@H]1C(N)=O. The van der Waals surface area contributed by atoms with Crippen LogP contribution in [0.4, 0.5) is 4.79 Å². The van der Waals surface area contributed by atoms with E-state index in [1.54, 1.807) is 25.7 Å². The Morgan fingerprint density at radius 1 is 0.833 bits per heavy atom. The molecule has 0 aromatic carbocycles. The van der Waals surface area contributed by atoms with Gasteiger partial charge in [-0.05, 0) is 58.8 Å². The average molecular weight is 423 g/mol. The van der Waals surface area contributed by atoms with Crippen LogP contribution in [0, 0.1) is 5.92 Å². The fraction of sp³-hybridized carbons (Fsp3) is 0.810. The lowest BCUT2D eigenvalue weighted by Crippen LogP contribution is -2.56. The molecule has 0 bridgehead atoms. The summed E-state index contributed by atoms with van der Waals surface area (Å²) in [5.74, 6) is -0.949. The van der Waals surface area contributed by atoms with E-state index in [-0.39, 0.29) is 17.7 Å². The molecule has 0 aliphatic carbocycles. The molecule has 3 fully saturated rings. The normalized spacial score (nSPS) is 29.4. The maximum atomic E-state index is 13.4. The van der Waals surface area contributed by atoms with Gasteiger partial charge in [-0.25, -0.2) is 4.79 Å². The summed E-state index contributed by atoms with van der Waals surface area (Å²) in [6, 6.07) is -1.85. The Hall–Kier alpha value is -2.32. The number of likely N-dealkylation sites (tertiary alicyclic amines) is 3. The first kappa shape index (κ1) is 22.4. The summed E-state index contributed by atoms with van der Waals surface area (Å²) in [6.07, 6.45) is 2.76. The van der Waals surface area contributed by atoms with Gasteiger partial charge in [0, 0.05) is 19.6 Å². The lowest BCUT2D eigenvalue weighted by atomic mass is 10.0. The van der Waals surface area contributed by atoms with E-state index >= 15 is 0 Å². The highest BCUT2D eigenvalue weighted by atomic mass is 16.6. The highest BCUT2D eigenvalue weighted by Gasteiger charge is 2.48. The molecule has 2 N–H and O–H groups in total. The van der Waals surface area contributed by atoms with Gasteiger partial charge in [0.2, 0.25) is 17.7 Å². The zero-order valence-corrected chi connectivity index (χ0v) is 18.4. The smallest absolute Gasteiger partial charge is 0.410 e. The van der Waals surface area contributed by atoms with E-state index in [0.29, 0.717) is 45.3 Å². The Kier molecular flexibility index (Phi) is 6.29. The monoisotopic (exact) mass is 422 g/mol. The lowest BCUT2D eigenvalue weighted by molar-refractivity contribution is -0.149. The predicted molar refractivity (Wildman–Crippen MR) is 109 cm³/mol. The van der Waals surface area contributed by atoms with Gasteiger partial charge in [0.25, 0.3) is 0 Å². The van der Waals surface area contributed by atoms with Crippen molar-refractivity contribution in [2.45, 2.75) is 83.5 Å². The molecular weight excluding hydrogens is 388 g/mol. The molecule has 0 aromatic heterocycles. The van der Waals surface area contributed by atoms with Crippen molar-refractivity contribution in [3.8, 4) is 0 Å². The van der Waals surface area contributed by atoms with Crippen molar-refractivity contribution < 1.29 is 23.9 Å². The fourth-order valence-corrected chi connectivity index (χ4v) is 4.82. The highest BCUT2D eigenvalue weighted by molar-refractivity contribution is 5.94. The molecule has 0 aromatic rings. The molecule has 4 atom stereocenters. The minimum absolute atomic E-state index is 0.0213. The molecule has 0 unspecified atom stereocenters. The van der Waals surface area contributed by atoms with Gasteiger partial charge in [0.1, 0.15) is 23.7 Å². The number of carbonyl (C=O) groups excluding carboxylic acids is 4. The third-order valence-electron chi connectivity index (χ3n) is 6.27. The number of amides is 4. The lowest BCUT2D eigenvalue weighted by Gasteiger charge is -2.35. The molecular formula is C21H34N4O5. The number of nitrogens with zero attached hydrogens (tertiary/aromatic N) is 3. The number of rotatable bonds is 3. The van der Waals surface area contributed by atoms with Crippen molar-refractivity contribution >= 4 is 23.8 Å². The minimum atomic E-state index is -0.645. The quantitative estimate of drug-likeness (QED) is 0.732. The van der Waals surface area contributed by atoms with E-state index in [1.807, 2.05) is 6.92 Å². The van der Waals surface area contributed by atoms with Crippen molar-refractivity contribution in [3.05, 3.63) is 0 Å². The largest absolute Gasteiger partial charge is 0.444 e. The van der Waals surface area contributed by atoms with Crippen LogP contribution in [0.2, 0.25) is 0 Å². The van der Waals surface area contributed by atoms with E-state index in [1.165, 1.54) is 9.80 Å². The van der Waals surface area contributed by atoms with Gasteiger partial charge in [-0.1, -0.05) is 6.92 Å². The van der Waals surface area contributed by atoms with Crippen LogP contribution < -0.4 is 5.73 Å². The van der Waals surface area contributed by atoms with Crippen LogP contribution in [-0.2, 0) is 19.1 Å². The van der Waals surface area contributed by atoms with Crippen molar-refractivity contribution in [2.24, 2.45) is 11.7 Å². The van der Waals surface area contributed by atoms with Crippen molar-refractivity contribution in [2.75, 3.05) is 19.6 Å². The minimum Gasteiger partial charge on any atom is -0.444 e. The second kappa shape index (κ2) is 8.43. The van der Waals surface area contributed by atoms with Gasteiger partial charge in [-0.15, -0.1) is 0 Å². The van der Waals surface area contributed by atoms with Crippen LogP contribution in [0.1, 0.15) is 59.8 Å². The van der Waals surface area contributed by atoms with E-state index < -0.39 is 35.7 Å². The Morgan fingerprint density at radius 2 is 1.43 bits per heavy atom. The van der Waals surface area contributed by atoms with Gasteiger partial charge in [-0.3, -0.25) is 19.3 Å². The summed E-state index contributed by atoms with van der Waals surface area (Å²) in [5, 5.41) is 0. The van der Waals surface area contributed by atoms with Crippen molar-refractivity contribution in [1.29, 1.82) is 0 Å². The standard InChI is InChI=1S/C21H34N4O5/c1-13-9-12-25(16(13)19(28)23-10-5-7-14(23)17(22)26)18(27)15-8-6-11-24(15)20(29)30-21(2,3)4/h13-16H,5-12H2,1-4H3,(H2,22,26)/t13-,14+,15-,16-/m0/s1. The van der Waals surface area contributed by atoms with Gasteiger partial charge < -0.3 is 20.3 Å². The second-order valence-electron chi connectivity index (χ2n) is 9.67. The number of hydrogen-bond donors (Lipinski definition) is 1. The molecule has 168 valence electrons. The highest BCUT2D eigenvalue weighted by Crippen LogP contribution is 2.31. The molecule has 3 aliphatic heterocycles. The molecule has 3 heterocycles. The predicted octanol–water partition coefficient (Wildman–Crippen LogP) is 1.10. The van der Waals surface area contributed by atoms with Crippen LogP contribution in [0.15, 0.2) is 0 Å². The van der Waals surface area contributed by atoms with Gasteiger partial charge >= 0.3 is 6.09 Å². The molecule has 0 spiro atoms. The number of ether oxygens (including phenoxy) is 1. The van der Waals surface area contributed by atoms with Crippen molar-refractivity contribution in [1.82, 2.24) is 14.7 Å². The molecule has 3 aliphatic rings. The fourth-order valence-electron chi connectivity index (χ4n) is 4.82. The van der Waals surface area contributed by atoms with Gasteiger partial charge in [0.15, 0.2) is 0 Å². The molecule has 30 heavy (non-hydrogen) atoms. The first-order valence-corrected chi connectivity index (χ1v) is 10.9. The topological polar surface area (TPSA) is 113 Å². The number of carbonyl (C=O) groups is 4. The van der Waals surface area contributed by atoms with Crippen LogP contribution in [-0.4, -0.2) is 81.9 Å². The summed E-state index contributed by atoms with van der Waals surface area (Å²) < 4.78 is 5.47. The third kappa shape index (κ3) is 4.39.